The Kier molecular flexibility index (Phi) is 3.54. The molecule has 0 unspecified atom stereocenters. The predicted octanol–water partition coefficient (Wildman–Crippen LogP) is 2.65. The molecule has 0 bridgehead atoms. The number of halogens is 1. The highest BCUT2D eigenvalue weighted by molar-refractivity contribution is 6.31. The summed E-state index contributed by atoms with van der Waals surface area (Å²) in [4.78, 5) is 4.27. The Balaban J connectivity index is 1.62. The lowest BCUT2D eigenvalue weighted by molar-refractivity contribution is 0.0400. The van der Waals surface area contributed by atoms with Crippen molar-refractivity contribution in [2.45, 2.75) is 31.8 Å². The summed E-state index contributed by atoms with van der Waals surface area (Å²) < 4.78 is 11.0. The summed E-state index contributed by atoms with van der Waals surface area (Å²) in [6.45, 7) is 2.33. The van der Waals surface area contributed by atoms with Crippen LogP contribution in [0.15, 0.2) is 12.1 Å². The number of nitrogens with zero attached hydrogens (tertiary/aromatic N) is 1. The molecule has 5 heteroatoms. The van der Waals surface area contributed by atoms with Gasteiger partial charge in [0.2, 0.25) is 11.8 Å². The average molecular weight is 283 g/mol. The lowest BCUT2D eigenvalue weighted by Crippen LogP contribution is -2.55. The highest BCUT2D eigenvalue weighted by atomic mass is 35.5. The minimum Gasteiger partial charge on any atom is -0.481 e. The van der Waals surface area contributed by atoms with Crippen LogP contribution in [0, 0.1) is 5.41 Å². The minimum absolute atomic E-state index is 0.225. The summed E-state index contributed by atoms with van der Waals surface area (Å²) in [6.07, 6.45) is 4.84. The van der Waals surface area contributed by atoms with E-state index in [-0.39, 0.29) is 6.10 Å². The molecule has 0 amide bonds. The number of aromatic nitrogens is 1. The molecule has 1 aromatic rings. The number of pyridine rings is 1. The number of hydrogen-bond donors (Lipinski definition) is 1. The molecule has 0 radical (unpaired) electrons. The summed E-state index contributed by atoms with van der Waals surface area (Å²) in [5, 5.41) is 3.92. The molecular formula is C14H19ClN2O2. The van der Waals surface area contributed by atoms with Crippen molar-refractivity contribution in [3.63, 3.8) is 0 Å². The van der Waals surface area contributed by atoms with Crippen molar-refractivity contribution in [1.29, 1.82) is 0 Å². The summed E-state index contributed by atoms with van der Waals surface area (Å²) in [6, 6.07) is 3.51. The van der Waals surface area contributed by atoms with Gasteiger partial charge >= 0.3 is 0 Å². The maximum Gasteiger partial charge on any atom is 0.236 e. The molecule has 2 fully saturated rings. The van der Waals surface area contributed by atoms with Crippen molar-refractivity contribution >= 4 is 11.6 Å². The van der Waals surface area contributed by atoms with Gasteiger partial charge in [0, 0.05) is 19.2 Å². The van der Waals surface area contributed by atoms with Gasteiger partial charge in [-0.25, -0.2) is 0 Å². The van der Waals surface area contributed by atoms with Gasteiger partial charge in [-0.15, -0.1) is 0 Å². The van der Waals surface area contributed by atoms with Crippen LogP contribution >= 0.6 is 11.6 Å². The molecule has 19 heavy (non-hydrogen) atoms. The van der Waals surface area contributed by atoms with Gasteiger partial charge < -0.3 is 14.8 Å². The first-order valence-electron chi connectivity index (χ1n) is 6.79. The number of ether oxygens (including phenoxy) is 2. The topological polar surface area (TPSA) is 43.4 Å². The highest BCUT2D eigenvalue weighted by Crippen LogP contribution is 2.40. The van der Waals surface area contributed by atoms with Crippen LogP contribution in [0.5, 0.6) is 11.8 Å². The standard InChI is InChI=1S/C14H19ClN2O2/c1-18-12-3-2-11(15)13(17-12)19-10-4-6-14(7-5-10)8-16-9-14/h2-3,10,16H,4-9H2,1H3. The van der Waals surface area contributed by atoms with Crippen molar-refractivity contribution < 1.29 is 9.47 Å². The van der Waals surface area contributed by atoms with Crippen molar-refractivity contribution in [1.82, 2.24) is 10.3 Å². The van der Waals surface area contributed by atoms with Gasteiger partial charge in [0.25, 0.3) is 0 Å². The van der Waals surface area contributed by atoms with E-state index in [0.717, 1.165) is 25.9 Å². The van der Waals surface area contributed by atoms with E-state index in [1.807, 2.05) is 0 Å². The maximum atomic E-state index is 6.11. The third-order valence-corrected chi connectivity index (χ3v) is 4.56. The average Bonchev–Trinajstić information content (AvgIpc) is 2.40. The Labute approximate surface area is 118 Å². The Morgan fingerprint density at radius 3 is 2.63 bits per heavy atom. The zero-order chi connectivity index (χ0) is 13.3. The second-order valence-corrected chi connectivity index (χ2v) is 5.97. The van der Waals surface area contributed by atoms with E-state index in [1.54, 1.807) is 19.2 Å². The van der Waals surface area contributed by atoms with E-state index in [0.29, 0.717) is 22.2 Å². The van der Waals surface area contributed by atoms with Crippen molar-refractivity contribution in [3.05, 3.63) is 17.2 Å². The Hall–Kier alpha value is -1.00. The fraction of sp³-hybridized carbons (Fsp3) is 0.643. The first-order chi connectivity index (χ1) is 9.21. The number of nitrogens with one attached hydrogen (secondary N) is 1. The molecule has 2 heterocycles. The van der Waals surface area contributed by atoms with Crippen LogP contribution in [-0.2, 0) is 0 Å². The summed E-state index contributed by atoms with van der Waals surface area (Å²) in [5.41, 5.74) is 0.547. The van der Waals surface area contributed by atoms with Crippen LogP contribution in [0.4, 0.5) is 0 Å². The molecule has 1 N–H and O–H groups in total. The largest absolute Gasteiger partial charge is 0.481 e. The lowest BCUT2D eigenvalue weighted by atomic mass is 9.69. The van der Waals surface area contributed by atoms with E-state index in [4.69, 9.17) is 21.1 Å². The van der Waals surface area contributed by atoms with Crippen molar-refractivity contribution in [3.8, 4) is 11.8 Å². The summed E-state index contributed by atoms with van der Waals surface area (Å²) in [5.74, 6) is 1.03. The zero-order valence-corrected chi connectivity index (χ0v) is 11.9. The first-order valence-corrected chi connectivity index (χ1v) is 7.16. The second-order valence-electron chi connectivity index (χ2n) is 5.56. The molecule has 0 aromatic carbocycles. The first kappa shape index (κ1) is 13.0. The van der Waals surface area contributed by atoms with Crippen LogP contribution in [0.25, 0.3) is 0 Å². The second kappa shape index (κ2) is 5.17. The highest BCUT2D eigenvalue weighted by Gasteiger charge is 2.40. The van der Waals surface area contributed by atoms with Gasteiger partial charge in [0.1, 0.15) is 11.1 Å². The van der Waals surface area contributed by atoms with E-state index in [1.165, 1.54) is 12.8 Å². The lowest BCUT2D eigenvalue weighted by Gasteiger charge is -2.47. The molecule has 3 rings (SSSR count). The molecule has 104 valence electrons. The van der Waals surface area contributed by atoms with Gasteiger partial charge in [-0.1, -0.05) is 11.6 Å². The molecule has 1 spiro atoms. The van der Waals surface area contributed by atoms with Gasteiger partial charge in [0.05, 0.1) is 7.11 Å². The Morgan fingerprint density at radius 2 is 2.05 bits per heavy atom. The minimum atomic E-state index is 0.225. The SMILES string of the molecule is COc1ccc(Cl)c(OC2CCC3(CC2)CNC3)n1. The van der Waals surface area contributed by atoms with Gasteiger partial charge in [-0.05, 0) is 37.2 Å². The monoisotopic (exact) mass is 282 g/mol. The molecule has 0 atom stereocenters. The third kappa shape index (κ3) is 2.65. The molecule has 2 aliphatic rings. The van der Waals surface area contributed by atoms with Gasteiger partial charge in [0.15, 0.2) is 0 Å². The van der Waals surface area contributed by atoms with Gasteiger partial charge in [-0.3, -0.25) is 0 Å². The van der Waals surface area contributed by atoms with E-state index in [9.17, 15) is 0 Å². The number of hydrogen-bond acceptors (Lipinski definition) is 4. The quantitative estimate of drug-likeness (QED) is 0.926. The number of methoxy groups -OCH3 is 1. The molecule has 1 saturated heterocycles. The van der Waals surface area contributed by atoms with Crippen LogP contribution < -0.4 is 14.8 Å². The van der Waals surface area contributed by atoms with E-state index >= 15 is 0 Å². The fourth-order valence-electron chi connectivity index (χ4n) is 2.91. The smallest absolute Gasteiger partial charge is 0.236 e. The molecule has 1 aromatic heterocycles. The van der Waals surface area contributed by atoms with E-state index in [2.05, 4.69) is 10.3 Å². The van der Waals surface area contributed by atoms with Crippen LogP contribution in [-0.4, -0.2) is 31.3 Å². The molecule has 1 aliphatic carbocycles. The molecular weight excluding hydrogens is 264 g/mol. The number of rotatable bonds is 3. The van der Waals surface area contributed by atoms with Crippen molar-refractivity contribution in [2.75, 3.05) is 20.2 Å². The van der Waals surface area contributed by atoms with Crippen LogP contribution in [0.1, 0.15) is 25.7 Å². The molecule has 1 aliphatic heterocycles. The van der Waals surface area contributed by atoms with Crippen LogP contribution in [0.3, 0.4) is 0 Å². The van der Waals surface area contributed by atoms with Crippen molar-refractivity contribution in [2.24, 2.45) is 5.41 Å². The normalized spacial score (nSPS) is 22.0. The maximum absolute atomic E-state index is 6.11. The summed E-state index contributed by atoms with van der Waals surface area (Å²) in [7, 11) is 1.59. The molecule has 4 nitrogen and oxygen atoms in total. The Bertz CT molecular complexity index is 453. The fourth-order valence-corrected chi connectivity index (χ4v) is 3.06. The summed E-state index contributed by atoms with van der Waals surface area (Å²) >= 11 is 6.11. The van der Waals surface area contributed by atoms with E-state index < -0.39 is 0 Å². The van der Waals surface area contributed by atoms with Crippen LogP contribution in [0.2, 0.25) is 5.02 Å². The predicted molar refractivity (Wildman–Crippen MR) is 74.0 cm³/mol. The zero-order valence-electron chi connectivity index (χ0n) is 11.1. The third-order valence-electron chi connectivity index (χ3n) is 4.27. The molecule has 1 saturated carbocycles. The van der Waals surface area contributed by atoms with Gasteiger partial charge in [-0.2, -0.15) is 4.98 Å². The Morgan fingerprint density at radius 1 is 1.32 bits per heavy atom.